The van der Waals surface area contributed by atoms with Crippen molar-refractivity contribution in [3.63, 3.8) is 0 Å². The van der Waals surface area contributed by atoms with Crippen LogP contribution in [0, 0.1) is 21.4 Å². The Bertz CT molecular complexity index is 1250. The van der Waals surface area contributed by atoms with Crippen molar-refractivity contribution in [3.8, 4) is 29.2 Å². The van der Waals surface area contributed by atoms with Crippen LogP contribution < -0.4 is 19.5 Å². The lowest BCUT2D eigenvalue weighted by molar-refractivity contribution is -0.385. The van der Waals surface area contributed by atoms with E-state index in [1.54, 1.807) is 56.5 Å². The number of nitriles is 1. The first kappa shape index (κ1) is 23.7. The summed E-state index contributed by atoms with van der Waals surface area (Å²) in [6.45, 7) is 2.12. The number of nitrogens with one attached hydrogen (secondary N) is 1. The van der Waals surface area contributed by atoms with Gasteiger partial charge >= 0.3 is 0 Å². The summed E-state index contributed by atoms with van der Waals surface area (Å²) >= 11 is 0. The summed E-state index contributed by atoms with van der Waals surface area (Å²) in [5.41, 5.74) is 0.786. The van der Waals surface area contributed by atoms with Crippen LogP contribution in [0.4, 0.5) is 11.4 Å². The Morgan fingerprint density at radius 1 is 1.18 bits per heavy atom. The predicted molar refractivity (Wildman–Crippen MR) is 124 cm³/mol. The molecule has 1 amide bonds. The molecule has 0 aliphatic carbocycles. The maximum absolute atomic E-state index is 12.6. The molecule has 0 aliphatic rings. The molecule has 0 unspecified atom stereocenters. The van der Waals surface area contributed by atoms with Crippen molar-refractivity contribution in [2.24, 2.45) is 0 Å². The highest BCUT2D eigenvalue weighted by Gasteiger charge is 2.13. The van der Waals surface area contributed by atoms with Crippen LogP contribution in [0.3, 0.4) is 0 Å². The molecule has 10 heteroatoms. The molecule has 0 saturated carbocycles. The summed E-state index contributed by atoms with van der Waals surface area (Å²) in [4.78, 5) is 26.7. The summed E-state index contributed by atoms with van der Waals surface area (Å²) in [6, 6.07) is 16.1. The standard InChI is InChI=1S/C24H20N4O6/c1-3-33-22-13-16(4-10-21(22)34-23-11-7-19(15-26-23)28(30)31)12-17(14-25)24(29)27-18-5-8-20(32-2)9-6-18/h4-13,15H,3H2,1-2H3,(H,27,29)/b17-12-. The Kier molecular flexibility index (Phi) is 7.75. The number of carbonyl (C=O) groups is 1. The number of aromatic nitrogens is 1. The lowest BCUT2D eigenvalue weighted by Gasteiger charge is -2.12. The van der Waals surface area contributed by atoms with Crippen LogP contribution >= 0.6 is 0 Å². The Morgan fingerprint density at radius 2 is 1.94 bits per heavy atom. The lowest BCUT2D eigenvalue weighted by Crippen LogP contribution is -2.13. The Balaban J connectivity index is 1.80. The van der Waals surface area contributed by atoms with E-state index in [0.29, 0.717) is 35.1 Å². The fourth-order valence-electron chi connectivity index (χ4n) is 2.81. The minimum Gasteiger partial charge on any atom is -0.497 e. The molecule has 172 valence electrons. The van der Waals surface area contributed by atoms with Crippen molar-refractivity contribution in [3.05, 3.63) is 82.0 Å². The van der Waals surface area contributed by atoms with Gasteiger partial charge < -0.3 is 19.5 Å². The van der Waals surface area contributed by atoms with E-state index >= 15 is 0 Å². The summed E-state index contributed by atoms with van der Waals surface area (Å²) in [5.74, 6) is 0.891. The van der Waals surface area contributed by atoms with Gasteiger partial charge in [-0.1, -0.05) is 6.07 Å². The highest BCUT2D eigenvalue weighted by molar-refractivity contribution is 6.09. The predicted octanol–water partition coefficient (Wildman–Crippen LogP) is 4.74. The smallest absolute Gasteiger partial charge is 0.287 e. The van der Waals surface area contributed by atoms with Gasteiger partial charge in [-0.2, -0.15) is 5.26 Å². The minimum atomic E-state index is -0.568. The largest absolute Gasteiger partial charge is 0.497 e. The number of hydrogen-bond acceptors (Lipinski definition) is 8. The first-order valence-electron chi connectivity index (χ1n) is 10.1. The molecular formula is C24H20N4O6. The van der Waals surface area contributed by atoms with Crippen LogP contribution in [0.5, 0.6) is 23.1 Å². The summed E-state index contributed by atoms with van der Waals surface area (Å²) in [6.07, 6.45) is 2.52. The Morgan fingerprint density at radius 3 is 2.53 bits per heavy atom. The molecule has 0 radical (unpaired) electrons. The first-order valence-corrected chi connectivity index (χ1v) is 10.1. The summed E-state index contributed by atoms with van der Waals surface area (Å²) in [7, 11) is 1.54. The van der Waals surface area contributed by atoms with E-state index in [1.165, 1.54) is 18.2 Å². The molecule has 2 aromatic carbocycles. The minimum absolute atomic E-state index is 0.107. The molecule has 3 rings (SSSR count). The average molecular weight is 460 g/mol. The molecule has 0 spiro atoms. The number of carbonyl (C=O) groups excluding carboxylic acids is 1. The van der Waals surface area contributed by atoms with Gasteiger partial charge in [0.25, 0.3) is 11.6 Å². The number of hydrogen-bond donors (Lipinski definition) is 1. The number of nitrogens with zero attached hydrogens (tertiary/aromatic N) is 3. The van der Waals surface area contributed by atoms with E-state index in [4.69, 9.17) is 14.2 Å². The molecule has 10 nitrogen and oxygen atoms in total. The number of anilines is 1. The normalized spacial score (nSPS) is 10.7. The Hall–Kier alpha value is -4.91. The number of nitro groups is 1. The number of rotatable bonds is 9. The third kappa shape index (κ3) is 6.08. The highest BCUT2D eigenvalue weighted by atomic mass is 16.6. The second-order valence-corrected chi connectivity index (χ2v) is 6.71. The number of ether oxygens (including phenoxy) is 3. The molecule has 0 aliphatic heterocycles. The molecule has 3 aromatic rings. The van der Waals surface area contributed by atoms with Gasteiger partial charge in [0, 0.05) is 17.8 Å². The van der Waals surface area contributed by atoms with Gasteiger partial charge in [-0.05, 0) is 55.0 Å². The molecule has 0 bridgehead atoms. The first-order chi connectivity index (χ1) is 16.4. The van der Waals surface area contributed by atoms with Crippen molar-refractivity contribution in [1.29, 1.82) is 5.26 Å². The van der Waals surface area contributed by atoms with Crippen LogP contribution in [0.1, 0.15) is 12.5 Å². The van der Waals surface area contributed by atoms with Gasteiger partial charge in [-0.3, -0.25) is 14.9 Å². The highest BCUT2D eigenvalue weighted by Crippen LogP contribution is 2.33. The summed E-state index contributed by atoms with van der Waals surface area (Å²) < 4.78 is 16.4. The molecule has 0 fully saturated rings. The van der Waals surface area contributed by atoms with Crippen molar-refractivity contribution in [2.75, 3.05) is 19.0 Å². The van der Waals surface area contributed by atoms with Gasteiger partial charge in [0.05, 0.1) is 18.6 Å². The monoisotopic (exact) mass is 460 g/mol. The van der Waals surface area contributed by atoms with Crippen LogP contribution in [-0.4, -0.2) is 29.5 Å². The fraction of sp³-hybridized carbons (Fsp3) is 0.125. The van der Waals surface area contributed by atoms with Crippen molar-refractivity contribution in [1.82, 2.24) is 4.98 Å². The van der Waals surface area contributed by atoms with E-state index in [9.17, 15) is 20.2 Å². The van der Waals surface area contributed by atoms with Gasteiger partial charge in [0.2, 0.25) is 5.88 Å². The van der Waals surface area contributed by atoms with Gasteiger partial charge in [0.1, 0.15) is 23.6 Å². The van der Waals surface area contributed by atoms with E-state index in [1.807, 2.05) is 6.07 Å². The van der Waals surface area contributed by atoms with Gasteiger partial charge in [-0.15, -0.1) is 0 Å². The SMILES string of the molecule is CCOc1cc(/C=C(/C#N)C(=O)Nc2ccc(OC)cc2)ccc1Oc1ccc([N+](=O)[O-])cn1. The topological polar surface area (TPSA) is 137 Å². The summed E-state index contributed by atoms with van der Waals surface area (Å²) in [5, 5.41) is 22.9. The molecular weight excluding hydrogens is 440 g/mol. The average Bonchev–Trinajstić information content (AvgIpc) is 2.85. The zero-order chi connectivity index (χ0) is 24.5. The van der Waals surface area contributed by atoms with E-state index in [-0.39, 0.29) is 17.1 Å². The second-order valence-electron chi connectivity index (χ2n) is 6.71. The zero-order valence-corrected chi connectivity index (χ0v) is 18.3. The van der Waals surface area contributed by atoms with Crippen LogP contribution in [0.2, 0.25) is 0 Å². The zero-order valence-electron chi connectivity index (χ0n) is 18.3. The molecule has 1 aromatic heterocycles. The quantitative estimate of drug-likeness (QED) is 0.209. The fourth-order valence-corrected chi connectivity index (χ4v) is 2.81. The number of amides is 1. The third-order valence-electron chi connectivity index (χ3n) is 4.44. The molecule has 1 N–H and O–H groups in total. The molecule has 1 heterocycles. The van der Waals surface area contributed by atoms with Crippen LogP contribution in [-0.2, 0) is 4.79 Å². The maximum atomic E-state index is 12.6. The van der Waals surface area contributed by atoms with Gasteiger partial charge in [0.15, 0.2) is 11.5 Å². The molecule has 0 atom stereocenters. The molecule has 0 saturated heterocycles. The second kappa shape index (κ2) is 11.1. The van der Waals surface area contributed by atoms with E-state index in [0.717, 1.165) is 6.20 Å². The third-order valence-corrected chi connectivity index (χ3v) is 4.44. The van der Waals surface area contributed by atoms with Crippen molar-refractivity contribution < 1.29 is 23.9 Å². The van der Waals surface area contributed by atoms with Crippen molar-refractivity contribution >= 4 is 23.4 Å². The maximum Gasteiger partial charge on any atom is 0.287 e. The number of methoxy groups -OCH3 is 1. The van der Waals surface area contributed by atoms with Crippen LogP contribution in [0.25, 0.3) is 6.08 Å². The number of benzene rings is 2. The van der Waals surface area contributed by atoms with Crippen LogP contribution in [0.15, 0.2) is 66.4 Å². The Labute approximate surface area is 195 Å². The lowest BCUT2D eigenvalue weighted by atomic mass is 10.1. The van der Waals surface area contributed by atoms with Gasteiger partial charge in [-0.25, -0.2) is 4.98 Å². The van der Waals surface area contributed by atoms with Crippen molar-refractivity contribution in [2.45, 2.75) is 6.92 Å². The molecule has 34 heavy (non-hydrogen) atoms. The van der Waals surface area contributed by atoms with E-state index < -0.39 is 10.8 Å². The number of pyridine rings is 1. The van der Waals surface area contributed by atoms with E-state index in [2.05, 4.69) is 10.3 Å².